The summed E-state index contributed by atoms with van der Waals surface area (Å²) < 4.78 is 0. The number of nitrogens with zero attached hydrogens (tertiary/aromatic N) is 1. The summed E-state index contributed by atoms with van der Waals surface area (Å²) in [7, 11) is 0. The fourth-order valence-corrected chi connectivity index (χ4v) is 2.77. The molecule has 0 unspecified atom stereocenters. The van der Waals surface area contributed by atoms with Gasteiger partial charge >= 0.3 is 0 Å². The fourth-order valence-electron chi connectivity index (χ4n) is 2.77. The lowest BCUT2D eigenvalue weighted by atomic mass is 9.83. The maximum absolute atomic E-state index is 3.55. The minimum Gasteiger partial charge on any atom is -0.311 e. The predicted molar refractivity (Wildman–Crippen MR) is 67.2 cm³/mol. The van der Waals surface area contributed by atoms with E-state index in [1.807, 2.05) is 0 Å². The molecular formula is C13H28N2. The Morgan fingerprint density at radius 3 is 2.53 bits per heavy atom. The van der Waals surface area contributed by atoms with Gasteiger partial charge in [-0.1, -0.05) is 20.8 Å². The Morgan fingerprint density at radius 1 is 1.33 bits per heavy atom. The number of likely N-dealkylation sites (N-methyl/N-ethyl adjacent to an activating group) is 1. The molecule has 1 heterocycles. The van der Waals surface area contributed by atoms with E-state index < -0.39 is 0 Å². The Bertz CT molecular complexity index is 197. The molecule has 2 nitrogen and oxygen atoms in total. The second kappa shape index (κ2) is 4.84. The molecule has 2 heteroatoms. The first-order valence-electron chi connectivity index (χ1n) is 6.32. The third kappa shape index (κ3) is 4.52. The van der Waals surface area contributed by atoms with Gasteiger partial charge in [0, 0.05) is 18.6 Å². The molecular weight excluding hydrogens is 184 g/mol. The van der Waals surface area contributed by atoms with Crippen LogP contribution in [0.5, 0.6) is 0 Å². The minimum atomic E-state index is 0.252. The van der Waals surface area contributed by atoms with Gasteiger partial charge in [-0.25, -0.2) is 0 Å². The van der Waals surface area contributed by atoms with E-state index in [4.69, 9.17) is 0 Å². The van der Waals surface area contributed by atoms with Crippen LogP contribution in [-0.4, -0.2) is 36.6 Å². The van der Waals surface area contributed by atoms with E-state index in [-0.39, 0.29) is 5.54 Å². The molecule has 0 aromatic carbocycles. The lowest BCUT2D eigenvalue weighted by Crippen LogP contribution is -2.52. The van der Waals surface area contributed by atoms with Crippen LogP contribution < -0.4 is 5.32 Å². The smallest absolute Gasteiger partial charge is 0.0252 e. The van der Waals surface area contributed by atoms with Gasteiger partial charge < -0.3 is 10.2 Å². The summed E-state index contributed by atoms with van der Waals surface area (Å²) in [5.74, 6) is 0. The van der Waals surface area contributed by atoms with E-state index in [0.717, 1.165) is 6.54 Å². The van der Waals surface area contributed by atoms with Gasteiger partial charge in [-0.05, 0) is 45.2 Å². The maximum atomic E-state index is 3.55. The molecule has 0 saturated carbocycles. The average Bonchev–Trinajstić information content (AvgIpc) is 1.99. The molecule has 0 spiro atoms. The lowest BCUT2D eigenvalue weighted by molar-refractivity contribution is 0.0930. The van der Waals surface area contributed by atoms with Gasteiger partial charge in [0.15, 0.2) is 0 Å². The molecule has 0 aliphatic carbocycles. The van der Waals surface area contributed by atoms with E-state index in [2.05, 4.69) is 44.8 Å². The quantitative estimate of drug-likeness (QED) is 0.770. The molecule has 0 atom stereocenters. The minimum absolute atomic E-state index is 0.252. The Kier molecular flexibility index (Phi) is 4.19. The molecule has 0 bridgehead atoms. The van der Waals surface area contributed by atoms with Crippen molar-refractivity contribution in [3.63, 3.8) is 0 Å². The zero-order valence-corrected chi connectivity index (χ0v) is 11.2. The Hall–Kier alpha value is -0.0800. The highest BCUT2D eigenvalue weighted by atomic mass is 15.2. The molecule has 1 aliphatic rings. The Labute approximate surface area is 95.4 Å². The van der Waals surface area contributed by atoms with Crippen molar-refractivity contribution in [1.29, 1.82) is 0 Å². The van der Waals surface area contributed by atoms with Crippen LogP contribution in [-0.2, 0) is 0 Å². The average molecular weight is 212 g/mol. The number of nitrogens with one attached hydrogen (secondary N) is 1. The highest BCUT2D eigenvalue weighted by molar-refractivity contribution is 4.86. The van der Waals surface area contributed by atoms with Gasteiger partial charge in [0.2, 0.25) is 0 Å². The van der Waals surface area contributed by atoms with Crippen molar-refractivity contribution in [3.05, 3.63) is 0 Å². The largest absolute Gasteiger partial charge is 0.311 e. The van der Waals surface area contributed by atoms with Gasteiger partial charge in [0.25, 0.3) is 0 Å². The van der Waals surface area contributed by atoms with E-state index in [1.54, 1.807) is 0 Å². The van der Waals surface area contributed by atoms with E-state index in [1.165, 1.54) is 32.5 Å². The first-order valence-corrected chi connectivity index (χ1v) is 6.32. The predicted octanol–water partition coefficient (Wildman–Crippen LogP) is 2.50. The lowest BCUT2D eigenvalue weighted by Gasteiger charge is -2.41. The molecule has 1 saturated heterocycles. The van der Waals surface area contributed by atoms with Crippen molar-refractivity contribution in [3.8, 4) is 0 Å². The van der Waals surface area contributed by atoms with Crippen LogP contribution in [0.3, 0.4) is 0 Å². The molecule has 1 N–H and O–H groups in total. The first kappa shape index (κ1) is 13.0. The molecule has 1 aliphatic heterocycles. The molecule has 0 radical (unpaired) electrons. The number of likely N-dealkylation sites (tertiary alicyclic amines) is 1. The normalized spacial score (nSPS) is 23.0. The summed E-state index contributed by atoms with van der Waals surface area (Å²) in [6.45, 7) is 16.3. The van der Waals surface area contributed by atoms with Crippen LogP contribution in [0.2, 0.25) is 0 Å². The third-order valence-corrected chi connectivity index (χ3v) is 3.25. The van der Waals surface area contributed by atoms with Crippen molar-refractivity contribution in [1.82, 2.24) is 10.2 Å². The zero-order valence-electron chi connectivity index (χ0n) is 11.2. The molecule has 90 valence electrons. The second-order valence-electron chi connectivity index (χ2n) is 6.39. The molecule has 1 rings (SSSR count). The third-order valence-electron chi connectivity index (χ3n) is 3.25. The van der Waals surface area contributed by atoms with Gasteiger partial charge in [0.05, 0.1) is 0 Å². The van der Waals surface area contributed by atoms with Crippen LogP contribution in [0.4, 0.5) is 0 Å². The zero-order chi connectivity index (χ0) is 11.5. The monoisotopic (exact) mass is 212 g/mol. The first-order chi connectivity index (χ1) is 6.85. The van der Waals surface area contributed by atoms with Crippen LogP contribution in [0.1, 0.15) is 47.5 Å². The summed E-state index contributed by atoms with van der Waals surface area (Å²) in [5, 5.41) is 3.55. The number of hydrogen-bond donors (Lipinski definition) is 1. The van der Waals surface area contributed by atoms with Crippen LogP contribution >= 0.6 is 0 Å². The topological polar surface area (TPSA) is 15.3 Å². The Morgan fingerprint density at radius 2 is 2.00 bits per heavy atom. The highest BCUT2D eigenvalue weighted by Crippen LogP contribution is 2.28. The summed E-state index contributed by atoms with van der Waals surface area (Å²) >= 11 is 0. The van der Waals surface area contributed by atoms with E-state index >= 15 is 0 Å². The van der Waals surface area contributed by atoms with Gasteiger partial charge in [-0.2, -0.15) is 0 Å². The van der Waals surface area contributed by atoms with Crippen molar-refractivity contribution in [2.45, 2.75) is 53.0 Å². The van der Waals surface area contributed by atoms with Crippen LogP contribution in [0.15, 0.2) is 0 Å². The number of rotatable bonds is 4. The second-order valence-corrected chi connectivity index (χ2v) is 6.39. The van der Waals surface area contributed by atoms with Crippen LogP contribution in [0, 0.1) is 5.41 Å². The van der Waals surface area contributed by atoms with E-state index in [9.17, 15) is 0 Å². The summed E-state index contributed by atoms with van der Waals surface area (Å²) in [4.78, 5) is 2.62. The van der Waals surface area contributed by atoms with E-state index in [0.29, 0.717) is 5.41 Å². The SMILES string of the molecule is CCNC(C)(C)CN1CCCC(C)(C)C1. The van der Waals surface area contributed by atoms with Crippen molar-refractivity contribution in [2.75, 3.05) is 26.2 Å². The van der Waals surface area contributed by atoms with Crippen molar-refractivity contribution < 1.29 is 0 Å². The van der Waals surface area contributed by atoms with Crippen molar-refractivity contribution in [2.24, 2.45) is 5.41 Å². The fraction of sp³-hybridized carbons (Fsp3) is 1.00. The Balaban J connectivity index is 2.44. The van der Waals surface area contributed by atoms with Gasteiger partial charge in [-0.15, -0.1) is 0 Å². The van der Waals surface area contributed by atoms with Crippen molar-refractivity contribution >= 4 is 0 Å². The summed E-state index contributed by atoms with van der Waals surface area (Å²) in [6, 6.07) is 0. The summed E-state index contributed by atoms with van der Waals surface area (Å²) in [6.07, 6.45) is 2.74. The molecule has 0 amide bonds. The number of piperidine rings is 1. The standard InChI is InChI=1S/C13H28N2/c1-6-14-13(4,5)11-15-9-7-8-12(2,3)10-15/h14H,6-11H2,1-5H3. The van der Waals surface area contributed by atoms with Gasteiger partial charge in [-0.3, -0.25) is 0 Å². The molecule has 0 aromatic heterocycles. The molecule has 15 heavy (non-hydrogen) atoms. The van der Waals surface area contributed by atoms with Crippen LogP contribution in [0.25, 0.3) is 0 Å². The highest BCUT2D eigenvalue weighted by Gasteiger charge is 2.29. The summed E-state index contributed by atoms with van der Waals surface area (Å²) in [5.41, 5.74) is 0.767. The molecule has 1 fully saturated rings. The van der Waals surface area contributed by atoms with Gasteiger partial charge in [0.1, 0.15) is 0 Å². The maximum Gasteiger partial charge on any atom is 0.0252 e. The molecule has 0 aromatic rings. The number of hydrogen-bond acceptors (Lipinski definition) is 2.